The largest absolute Gasteiger partial charge is 0.352 e. The lowest BCUT2D eigenvalue weighted by Gasteiger charge is -2.16. The van der Waals surface area contributed by atoms with Gasteiger partial charge in [0.15, 0.2) is 0 Å². The fraction of sp³-hybridized carbons (Fsp3) is 0.364. The molecule has 0 aliphatic heterocycles. The van der Waals surface area contributed by atoms with Gasteiger partial charge < -0.3 is 9.88 Å². The van der Waals surface area contributed by atoms with Gasteiger partial charge in [0.2, 0.25) is 5.91 Å². The molecule has 142 valence electrons. The molecule has 0 fully saturated rings. The Balaban J connectivity index is 1.60. The summed E-state index contributed by atoms with van der Waals surface area (Å²) >= 11 is 1.65. The molecule has 4 nitrogen and oxygen atoms in total. The van der Waals surface area contributed by atoms with Crippen molar-refractivity contribution >= 4 is 17.2 Å². The van der Waals surface area contributed by atoms with Crippen molar-refractivity contribution in [2.24, 2.45) is 0 Å². The molecule has 1 unspecified atom stereocenters. The molecule has 0 radical (unpaired) electrons. The lowest BCUT2D eigenvalue weighted by molar-refractivity contribution is -0.122. The van der Waals surface area contributed by atoms with Crippen molar-refractivity contribution in [2.45, 2.75) is 53.1 Å². The number of rotatable bonds is 7. The second-order valence-corrected chi connectivity index (χ2v) is 8.18. The van der Waals surface area contributed by atoms with E-state index in [1.165, 1.54) is 5.56 Å². The summed E-state index contributed by atoms with van der Waals surface area (Å²) in [6, 6.07) is 12.7. The normalized spacial score (nSPS) is 12.1. The zero-order valence-electron chi connectivity index (χ0n) is 16.5. The summed E-state index contributed by atoms with van der Waals surface area (Å²) in [5, 5.41) is 6.26. The zero-order valence-corrected chi connectivity index (χ0v) is 17.3. The molecule has 5 heteroatoms. The Hall–Kier alpha value is -2.40. The van der Waals surface area contributed by atoms with Gasteiger partial charge in [-0.3, -0.25) is 4.79 Å². The molecule has 3 rings (SSSR count). The lowest BCUT2D eigenvalue weighted by Crippen LogP contribution is -2.35. The summed E-state index contributed by atoms with van der Waals surface area (Å²) in [7, 11) is 0. The molecule has 1 aromatic carbocycles. The number of thiazole rings is 1. The molecule has 1 atom stereocenters. The number of hydrogen-bond acceptors (Lipinski definition) is 3. The molecule has 2 aromatic heterocycles. The quantitative estimate of drug-likeness (QED) is 0.646. The Kier molecular flexibility index (Phi) is 6.11. The van der Waals surface area contributed by atoms with Gasteiger partial charge in [0, 0.05) is 28.4 Å². The molecule has 3 aromatic rings. The Morgan fingerprint density at radius 2 is 1.96 bits per heavy atom. The molecule has 0 spiro atoms. The predicted molar refractivity (Wildman–Crippen MR) is 112 cm³/mol. The standard InChI is InChI=1S/C22H27N3OS/c1-15(10-11-19-8-6-5-7-9-19)23-22(26)13-25-16(2)12-20(17(25)3)21-14-27-18(4)24-21/h5-9,12,14-15H,10-11,13H2,1-4H3,(H,23,26). The van der Waals surface area contributed by atoms with Crippen LogP contribution in [0.4, 0.5) is 0 Å². The summed E-state index contributed by atoms with van der Waals surface area (Å²) in [5.41, 5.74) is 5.58. The highest BCUT2D eigenvalue weighted by Gasteiger charge is 2.16. The van der Waals surface area contributed by atoms with Crippen LogP contribution in [0.1, 0.15) is 35.3 Å². The summed E-state index contributed by atoms with van der Waals surface area (Å²) < 4.78 is 2.07. The molecule has 2 heterocycles. The number of carbonyl (C=O) groups is 1. The van der Waals surface area contributed by atoms with Crippen molar-refractivity contribution in [3.05, 3.63) is 63.7 Å². The van der Waals surface area contributed by atoms with Crippen LogP contribution in [0.5, 0.6) is 0 Å². The third kappa shape index (κ3) is 4.86. The number of amides is 1. The minimum absolute atomic E-state index is 0.0540. The Morgan fingerprint density at radius 3 is 2.63 bits per heavy atom. The van der Waals surface area contributed by atoms with Gasteiger partial charge in [0.05, 0.1) is 10.7 Å². The van der Waals surface area contributed by atoms with Crippen molar-refractivity contribution < 1.29 is 4.79 Å². The van der Waals surface area contributed by atoms with Crippen LogP contribution in [0.15, 0.2) is 41.8 Å². The van der Waals surface area contributed by atoms with Crippen LogP contribution < -0.4 is 5.32 Å². The maximum absolute atomic E-state index is 12.5. The van der Waals surface area contributed by atoms with E-state index < -0.39 is 0 Å². The number of nitrogens with zero attached hydrogens (tertiary/aromatic N) is 2. The Labute approximate surface area is 165 Å². The van der Waals surface area contributed by atoms with Crippen LogP contribution >= 0.6 is 11.3 Å². The van der Waals surface area contributed by atoms with E-state index in [4.69, 9.17) is 0 Å². The average molecular weight is 382 g/mol. The Morgan fingerprint density at radius 1 is 1.22 bits per heavy atom. The summed E-state index contributed by atoms with van der Waals surface area (Å²) in [6.07, 6.45) is 1.90. The number of benzene rings is 1. The van der Waals surface area contributed by atoms with E-state index >= 15 is 0 Å². The van der Waals surface area contributed by atoms with E-state index in [1.807, 2.05) is 19.9 Å². The van der Waals surface area contributed by atoms with Gasteiger partial charge in [-0.05, 0) is 52.2 Å². The molecule has 0 aliphatic carbocycles. The first kappa shape index (κ1) is 19.4. The molecule has 0 saturated heterocycles. The zero-order chi connectivity index (χ0) is 19.4. The van der Waals surface area contributed by atoms with E-state index in [-0.39, 0.29) is 11.9 Å². The molecule has 0 aliphatic rings. The molecular formula is C22H27N3OS. The third-order valence-corrected chi connectivity index (χ3v) is 5.66. The van der Waals surface area contributed by atoms with Crippen LogP contribution in [0, 0.1) is 20.8 Å². The second kappa shape index (κ2) is 8.53. The second-order valence-electron chi connectivity index (χ2n) is 7.12. The number of hydrogen-bond donors (Lipinski definition) is 1. The van der Waals surface area contributed by atoms with Gasteiger partial charge in [-0.25, -0.2) is 4.98 Å². The highest BCUT2D eigenvalue weighted by Crippen LogP contribution is 2.27. The van der Waals surface area contributed by atoms with E-state index in [9.17, 15) is 4.79 Å². The van der Waals surface area contributed by atoms with Crippen molar-refractivity contribution in [1.29, 1.82) is 0 Å². The lowest BCUT2D eigenvalue weighted by atomic mass is 10.1. The van der Waals surface area contributed by atoms with E-state index in [0.29, 0.717) is 6.54 Å². The highest BCUT2D eigenvalue weighted by atomic mass is 32.1. The predicted octanol–water partition coefficient (Wildman–Crippen LogP) is 4.67. The van der Waals surface area contributed by atoms with Gasteiger partial charge in [-0.15, -0.1) is 11.3 Å². The van der Waals surface area contributed by atoms with Crippen LogP contribution in [-0.2, 0) is 17.8 Å². The Bertz CT molecular complexity index is 911. The molecule has 0 saturated carbocycles. The fourth-order valence-corrected chi connectivity index (χ4v) is 3.97. The molecular weight excluding hydrogens is 354 g/mol. The SMILES string of the molecule is Cc1nc(-c2cc(C)n(CC(=O)NC(C)CCc3ccccc3)c2C)cs1. The minimum atomic E-state index is 0.0540. The monoisotopic (exact) mass is 381 g/mol. The van der Waals surface area contributed by atoms with E-state index in [1.54, 1.807) is 11.3 Å². The van der Waals surface area contributed by atoms with Crippen LogP contribution in [0.3, 0.4) is 0 Å². The maximum Gasteiger partial charge on any atom is 0.240 e. The molecule has 27 heavy (non-hydrogen) atoms. The first-order valence-corrected chi connectivity index (χ1v) is 10.2. The molecule has 0 bridgehead atoms. The smallest absolute Gasteiger partial charge is 0.240 e. The van der Waals surface area contributed by atoms with Crippen molar-refractivity contribution in [2.75, 3.05) is 0 Å². The summed E-state index contributed by atoms with van der Waals surface area (Å²) in [4.78, 5) is 17.1. The third-order valence-electron chi connectivity index (χ3n) is 4.89. The minimum Gasteiger partial charge on any atom is -0.352 e. The topological polar surface area (TPSA) is 46.9 Å². The van der Waals surface area contributed by atoms with Crippen LogP contribution in [-0.4, -0.2) is 21.5 Å². The van der Waals surface area contributed by atoms with Gasteiger partial charge >= 0.3 is 0 Å². The number of aryl methyl sites for hydroxylation is 3. The maximum atomic E-state index is 12.5. The van der Waals surface area contributed by atoms with Gasteiger partial charge in [-0.2, -0.15) is 0 Å². The number of carbonyl (C=O) groups excluding carboxylic acids is 1. The first-order chi connectivity index (χ1) is 12.9. The summed E-state index contributed by atoms with van der Waals surface area (Å²) in [5.74, 6) is 0.0540. The number of aromatic nitrogens is 2. The van der Waals surface area contributed by atoms with Crippen molar-refractivity contribution in [3.8, 4) is 11.3 Å². The van der Waals surface area contributed by atoms with Crippen molar-refractivity contribution in [3.63, 3.8) is 0 Å². The van der Waals surface area contributed by atoms with E-state index in [0.717, 1.165) is 40.5 Å². The molecule has 1 amide bonds. The van der Waals surface area contributed by atoms with Crippen LogP contribution in [0.2, 0.25) is 0 Å². The van der Waals surface area contributed by atoms with E-state index in [2.05, 4.69) is 64.4 Å². The van der Waals surface area contributed by atoms with Crippen LogP contribution in [0.25, 0.3) is 11.3 Å². The fourth-order valence-electron chi connectivity index (χ4n) is 3.35. The summed E-state index contributed by atoms with van der Waals surface area (Å²) in [6.45, 7) is 8.53. The average Bonchev–Trinajstić information content (AvgIpc) is 3.19. The van der Waals surface area contributed by atoms with Gasteiger partial charge in [0.25, 0.3) is 0 Å². The highest BCUT2D eigenvalue weighted by molar-refractivity contribution is 7.09. The number of nitrogens with one attached hydrogen (secondary N) is 1. The first-order valence-electron chi connectivity index (χ1n) is 9.36. The van der Waals surface area contributed by atoms with Gasteiger partial charge in [-0.1, -0.05) is 30.3 Å². The van der Waals surface area contributed by atoms with Gasteiger partial charge in [0.1, 0.15) is 6.54 Å². The molecule has 1 N–H and O–H groups in total. The van der Waals surface area contributed by atoms with Crippen molar-refractivity contribution in [1.82, 2.24) is 14.9 Å².